The first-order valence-corrected chi connectivity index (χ1v) is 6.66. The van der Waals surface area contributed by atoms with Crippen LogP contribution in [0.15, 0.2) is 30.5 Å². The molecule has 0 amide bonds. The molecule has 2 rings (SSSR count). The van der Waals surface area contributed by atoms with Crippen molar-refractivity contribution in [1.82, 2.24) is 4.98 Å². The van der Waals surface area contributed by atoms with Crippen molar-refractivity contribution < 1.29 is 0 Å². The number of benzene rings is 1. The molecule has 0 fully saturated rings. The van der Waals surface area contributed by atoms with Crippen molar-refractivity contribution in [1.29, 1.82) is 0 Å². The smallest absolute Gasteiger partial charge is 0.149 e. The van der Waals surface area contributed by atoms with E-state index in [4.69, 9.17) is 28.9 Å². The Morgan fingerprint density at radius 2 is 2.00 bits per heavy atom. The van der Waals surface area contributed by atoms with E-state index >= 15 is 0 Å². The van der Waals surface area contributed by atoms with Crippen LogP contribution in [0.1, 0.15) is 24.1 Å². The van der Waals surface area contributed by atoms with Crippen molar-refractivity contribution in [2.45, 2.75) is 19.9 Å². The van der Waals surface area contributed by atoms with E-state index in [1.165, 1.54) is 0 Å². The predicted octanol–water partition coefficient (Wildman–Crippen LogP) is 4.45. The van der Waals surface area contributed by atoms with Crippen LogP contribution in [0.3, 0.4) is 0 Å². The minimum Gasteiger partial charge on any atom is -0.396 e. The number of aromatic nitrogens is 1. The number of rotatable bonds is 3. The molecule has 0 bridgehead atoms. The Bertz CT molecular complexity index is 599. The Kier molecular flexibility index (Phi) is 4.17. The van der Waals surface area contributed by atoms with E-state index < -0.39 is 0 Å². The lowest BCUT2D eigenvalue weighted by Gasteiger charge is -2.17. The molecule has 3 nitrogen and oxygen atoms in total. The van der Waals surface area contributed by atoms with Gasteiger partial charge in [0.2, 0.25) is 0 Å². The zero-order valence-corrected chi connectivity index (χ0v) is 12.3. The van der Waals surface area contributed by atoms with Gasteiger partial charge in [-0.3, -0.25) is 0 Å². The molecule has 1 aromatic carbocycles. The summed E-state index contributed by atoms with van der Waals surface area (Å²) in [6, 6.07) is 7.30. The monoisotopic (exact) mass is 295 g/mol. The van der Waals surface area contributed by atoms with Crippen molar-refractivity contribution >= 4 is 34.7 Å². The van der Waals surface area contributed by atoms with Gasteiger partial charge in [0.1, 0.15) is 5.82 Å². The molecule has 0 spiro atoms. The normalized spacial score (nSPS) is 12.2. The quantitative estimate of drug-likeness (QED) is 0.879. The Morgan fingerprint density at radius 3 is 2.63 bits per heavy atom. The highest BCUT2D eigenvalue weighted by Crippen LogP contribution is 2.29. The number of hydrogen-bond donors (Lipinski definition) is 2. The van der Waals surface area contributed by atoms with Gasteiger partial charge in [-0.2, -0.15) is 0 Å². The van der Waals surface area contributed by atoms with Crippen LogP contribution in [-0.4, -0.2) is 4.98 Å². The summed E-state index contributed by atoms with van der Waals surface area (Å²) in [5.74, 6) is 0.657. The van der Waals surface area contributed by atoms with Gasteiger partial charge in [0.25, 0.3) is 0 Å². The van der Waals surface area contributed by atoms with Crippen LogP contribution < -0.4 is 11.1 Å². The molecule has 0 saturated heterocycles. The maximum absolute atomic E-state index is 6.18. The highest BCUT2D eigenvalue weighted by atomic mass is 35.5. The summed E-state index contributed by atoms with van der Waals surface area (Å²) in [5.41, 5.74) is 8.53. The molecular weight excluding hydrogens is 281 g/mol. The van der Waals surface area contributed by atoms with Crippen LogP contribution in [0.5, 0.6) is 0 Å². The minimum absolute atomic E-state index is 0.0118. The number of aryl methyl sites for hydroxylation is 1. The fourth-order valence-corrected chi connectivity index (χ4v) is 2.42. The highest BCUT2D eigenvalue weighted by Gasteiger charge is 2.12. The number of anilines is 2. The fraction of sp³-hybridized carbons (Fsp3) is 0.214. The largest absolute Gasteiger partial charge is 0.396 e. The molecule has 1 unspecified atom stereocenters. The van der Waals surface area contributed by atoms with Gasteiger partial charge in [-0.05, 0) is 43.2 Å². The van der Waals surface area contributed by atoms with Crippen LogP contribution in [0.25, 0.3) is 0 Å². The Hall–Kier alpha value is -1.45. The molecule has 0 saturated carbocycles. The molecule has 3 N–H and O–H groups in total. The second-order valence-corrected chi connectivity index (χ2v) is 5.33. The molecule has 0 radical (unpaired) electrons. The summed E-state index contributed by atoms with van der Waals surface area (Å²) >= 11 is 12.1. The lowest BCUT2D eigenvalue weighted by atomic mass is 10.1. The number of pyridine rings is 1. The topological polar surface area (TPSA) is 50.9 Å². The molecule has 0 aliphatic heterocycles. The first-order chi connectivity index (χ1) is 8.97. The van der Waals surface area contributed by atoms with E-state index in [1.54, 1.807) is 12.3 Å². The van der Waals surface area contributed by atoms with Gasteiger partial charge in [-0.25, -0.2) is 4.98 Å². The number of nitrogens with zero attached hydrogens (tertiary/aromatic N) is 1. The van der Waals surface area contributed by atoms with Crippen LogP contribution in [0, 0.1) is 6.92 Å². The van der Waals surface area contributed by atoms with E-state index in [0.29, 0.717) is 21.6 Å². The summed E-state index contributed by atoms with van der Waals surface area (Å²) in [6.07, 6.45) is 1.77. The third-order valence-corrected chi connectivity index (χ3v) is 3.40. The van der Waals surface area contributed by atoms with Gasteiger partial charge in [0.05, 0.1) is 11.7 Å². The first kappa shape index (κ1) is 14.0. The molecule has 5 heteroatoms. The Balaban J connectivity index is 2.23. The van der Waals surface area contributed by atoms with Gasteiger partial charge in [-0.15, -0.1) is 0 Å². The second kappa shape index (κ2) is 5.68. The van der Waals surface area contributed by atoms with Crippen molar-refractivity contribution in [3.8, 4) is 0 Å². The molecule has 1 heterocycles. The molecular formula is C14H15Cl2N3. The highest BCUT2D eigenvalue weighted by molar-refractivity contribution is 6.35. The van der Waals surface area contributed by atoms with Crippen molar-refractivity contribution in [2.75, 3.05) is 11.1 Å². The number of nitrogens with two attached hydrogens (primary N) is 1. The number of halogens is 2. The maximum atomic E-state index is 6.18. The van der Waals surface area contributed by atoms with Gasteiger partial charge >= 0.3 is 0 Å². The maximum Gasteiger partial charge on any atom is 0.149 e. The lowest BCUT2D eigenvalue weighted by Crippen LogP contribution is -2.10. The predicted molar refractivity (Wildman–Crippen MR) is 81.9 cm³/mol. The molecule has 19 heavy (non-hydrogen) atoms. The summed E-state index contributed by atoms with van der Waals surface area (Å²) in [5, 5.41) is 4.49. The van der Waals surface area contributed by atoms with Crippen LogP contribution in [0.2, 0.25) is 10.0 Å². The number of nitrogens with one attached hydrogen (secondary N) is 1. The fourth-order valence-electron chi connectivity index (χ4n) is 1.85. The van der Waals surface area contributed by atoms with Crippen LogP contribution in [0.4, 0.5) is 11.5 Å². The zero-order chi connectivity index (χ0) is 14.0. The van der Waals surface area contributed by atoms with Crippen molar-refractivity contribution in [2.24, 2.45) is 0 Å². The molecule has 0 aliphatic carbocycles. The minimum atomic E-state index is -0.0118. The molecule has 1 aromatic heterocycles. The average Bonchev–Trinajstić information content (AvgIpc) is 2.32. The van der Waals surface area contributed by atoms with E-state index in [2.05, 4.69) is 10.3 Å². The average molecular weight is 296 g/mol. The summed E-state index contributed by atoms with van der Waals surface area (Å²) in [6.45, 7) is 3.95. The van der Waals surface area contributed by atoms with E-state index in [0.717, 1.165) is 11.1 Å². The summed E-state index contributed by atoms with van der Waals surface area (Å²) in [4.78, 5) is 4.29. The van der Waals surface area contributed by atoms with Gasteiger partial charge in [0, 0.05) is 16.2 Å². The number of nitrogen functional groups attached to an aromatic ring is 1. The zero-order valence-electron chi connectivity index (χ0n) is 10.7. The molecule has 100 valence electrons. The summed E-state index contributed by atoms with van der Waals surface area (Å²) < 4.78 is 0. The Labute approximate surface area is 122 Å². The SMILES string of the molecule is Cc1cnc(NC(C)c2ccc(Cl)cc2Cl)c(N)c1. The summed E-state index contributed by atoms with van der Waals surface area (Å²) in [7, 11) is 0. The third kappa shape index (κ3) is 3.31. The van der Waals surface area contributed by atoms with E-state index in [1.807, 2.05) is 32.0 Å². The van der Waals surface area contributed by atoms with Gasteiger partial charge in [-0.1, -0.05) is 29.3 Å². The van der Waals surface area contributed by atoms with Gasteiger partial charge < -0.3 is 11.1 Å². The van der Waals surface area contributed by atoms with Crippen molar-refractivity contribution in [3.05, 3.63) is 51.6 Å². The standard InChI is InChI=1S/C14H15Cl2N3/c1-8-5-13(17)14(18-7-8)19-9(2)11-4-3-10(15)6-12(11)16/h3-7,9H,17H2,1-2H3,(H,18,19). The van der Waals surface area contributed by atoms with Gasteiger partial charge in [0.15, 0.2) is 0 Å². The van der Waals surface area contributed by atoms with E-state index in [9.17, 15) is 0 Å². The Morgan fingerprint density at radius 1 is 1.26 bits per heavy atom. The first-order valence-electron chi connectivity index (χ1n) is 5.91. The third-order valence-electron chi connectivity index (χ3n) is 2.84. The lowest BCUT2D eigenvalue weighted by molar-refractivity contribution is 0.875. The number of hydrogen-bond acceptors (Lipinski definition) is 3. The molecule has 0 aliphatic rings. The molecule has 1 atom stereocenters. The van der Waals surface area contributed by atoms with Crippen LogP contribution >= 0.6 is 23.2 Å². The second-order valence-electron chi connectivity index (χ2n) is 4.48. The van der Waals surface area contributed by atoms with Crippen molar-refractivity contribution in [3.63, 3.8) is 0 Å². The van der Waals surface area contributed by atoms with Crippen LogP contribution in [-0.2, 0) is 0 Å². The van der Waals surface area contributed by atoms with E-state index in [-0.39, 0.29) is 6.04 Å². The molecule has 2 aromatic rings.